The van der Waals surface area contributed by atoms with Crippen LogP contribution in [0, 0.1) is 0 Å². The summed E-state index contributed by atoms with van der Waals surface area (Å²) in [4.78, 5) is 8.23. The van der Waals surface area contributed by atoms with Crippen LogP contribution in [0.25, 0.3) is 0 Å². The van der Waals surface area contributed by atoms with E-state index in [0.29, 0.717) is 11.1 Å². The van der Waals surface area contributed by atoms with Gasteiger partial charge in [-0.15, -0.1) is 0 Å². The lowest BCUT2D eigenvalue weighted by Gasteiger charge is -2.13. The number of unbranched alkanes of at least 4 members (excludes halogenated alkanes) is 1. The number of rotatable bonds is 5. The molecule has 0 aliphatic carbocycles. The van der Waals surface area contributed by atoms with E-state index >= 15 is 0 Å². The highest BCUT2D eigenvalue weighted by atomic mass is 35.5. The Morgan fingerprint density at radius 2 is 2.13 bits per heavy atom. The van der Waals surface area contributed by atoms with Gasteiger partial charge in [-0.2, -0.15) is 0 Å². The maximum Gasteiger partial charge on any atom is 0.138 e. The average Bonchev–Trinajstić information content (AvgIpc) is 2.17. The lowest BCUT2D eigenvalue weighted by Crippen LogP contribution is -2.08. The first kappa shape index (κ1) is 12.2. The third kappa shape index (κ3) is 3.34. The largest absolute Gasteiger partial charge is 0.370 e. The van der Waals surface area contributed by atoms with Gasteiger partial charge in [-0.25, -0.2) is 9.97 Å². The molecule has 1 N–H and O–H groups in total. The smallest absolute Gasteiger partial charge is 0.138 e. The Balaban J connectivity index is 2.81. The second-order valence-electron chi connectivity index (χ2n) is 3.86. The van der Waals surface area contributed by atoms with Crippen molar-refractivity contribution in [3.8, 4) is 0 Å². The van der Waals surface area contributed by atoms with Gasteiger partial charge in [-0.05, 0) is 12.3 Å². The molecular weight excluding hydrogens is 210 g/mol. The van der Waals surface area contributed by atoms with Gasteiger partial charge in [0.05, 0.1) is 0 Å². The van der Waals surface area contributed by atoms with Crippen LogP contribution < -0.4 is 5.32 Å². The van der Waals surface area contributed by atoms with Crippen LogP contribution in [-0.4, -0.2) is 16.5 Å². The maximum atomic E-state index is 6.05. The topological polar surface area (TPSA) is 37.8 Å². The lowest BCUT2D eigenvalue weighted by atomic mass is 10.1. The first-order valence-electron chi connectivity index (χ1n) is 5.41. The first-order valence-corrected chi connectivity index (χ1v) is 5.78. The highest BCUT2D eigenvalue weighted by Crippen LogP contribution is 2.27. The molecule has 0 bridgehead atoms. The molecule has 0 saturated carbocycles. The molecule has 1 aromatic rings. The van der Waals surface area contributed by atoms with Crippen LogP contribution in [0.3, 0.4) is 0 Å². The zero-order valence-electron chi connectivity index (χ0n) is 9.55. The quantitative estimate of drug-likeness (QED) is 0.618. The lowest BCUT2D eigenvalue weighted by molar-refractivity contribution is 0.812. The van der Waals surface area contributed by atoms with Crippen LogP contribution in [0.1, 0.15) is 45.1 Å². The fourth-order valence-electron chi connectivity index (χ4n) is 1.41. The molecule has 1 rings (SSSR count). The summed E-state index contributed by atoms with van der Waals surface area (Å²) in [6, 6.07) is 0. The van der Waals surface area contributed by atoms with Gasteiger partial charge in [0.2, 0.25) is 0 Å². The van der Waals surface area contributed by atoms with E-state index in [1.54, 1.807) is 0 Å². The minimum Gasteiger partial charge on any atom is -0.370 e. The van der Waals surface area contributed by atoms with Crippen molar-refractivity contribution in [1.82, 2.24) is 9.97 Å². The third-order valence-electron chi connectivity index (χ3n) is 2.24. The average molecular weight is 228 g/mol. The Labute approximate surface area is 96.3 Å². The van der Waals surface area contributed by atoms with E-state index < -0.39 is 0 Å². The van der Waals surface area contributed by atoms with Gasteiger partial charge in [0.25, 0.3) is 0 Å². The van der Waals surface area contributed by atoms with Gasteiger partial charge < -0.3 is 5.32 Å². The molecule has 0 aromatic carbocycles. The molecular formula is C11H18ClN3. The fourth-order valence-corrected chi connectivity index (χ4v) is 1.76. The van der Waals surface area contributed by atoms with Crippen molar-refractivity contribution in [2.24, 2.45) is 0 Å². The van der Waals surface area contributed by atoms with E-state index in [-0.39, 0.29) is 0 Å². The van der Waals surface area contributed by atoms with Crippen LogP contribution >= 0.6 is 11.6 Å². The number of hydrogen-bond acceptors (Lipinski definition) is 3. The Bertz CT molecular complexity index is 313. The fraction of sp³-hybridized carbons (Fsp3) is 0.636. The van der Waals surface area contributed by atoms with E-state index in [0.717, 1.165) is 24.3 Å². The van der Waals surface area contributed by atoms with Gasteiger partial charge in [0.1, 0.15) is 17.3 Å². The number of anilines is 1. The van der Waals surface area contributed by atoms with Crippen LogP contribution in [-0.2, 0) is 0 Å². The maximum absolute atomic E-state index is 6.05. The van der Waals surface area contributed by atoms with Crippen molar-refractivity contribution in [2.75, 3.05) is 11.9 Å². The Morgan fingerprint density at radius 3 is 2.73 bits per heavy atom. The van der Waals surface area contributed by atoms with Crippen molar-refractivity contribution in [1.29, 1.82) is 0 Å². The molecule has 4 heteroatoms. The number of hydrogen-bond donors (Lipinski definition) is 1. The van der Waals surface area contributed by atoms with Gasteiger partial charge in [0, 0.05) is 12.1 Å². The van der Waals surface area contributed by atoms with E-state index in [1.807, 2.05) is 0 Å². The zero-order chi connectivity index (χ0) is 11.3. The normalized spacial score (nSPS) is 10.7. The van der Waals surface area contributed by atoms with Crippen molar-refractivity contribution in [3.63, 3.8) is 0 Å². The van der Waals surface area contributed by atoms with Crippen LogP contribution in [0.5, 0.6) is 0 Å². The van der Waals surface area contributed by atoms with E-state index in [2.05, 4.69) is 36.1 Å². The molecule has 0 fully saturated rings. The first-order chi connectivity index (χ1) is 7.16. The summed E-state index contributed by atoms with van der Waals surface area (Å²) in [6.07, 6.45) is 3.81. The van der Waals surface area contributed by atoms with E-state index in [1.165, 1.54) is 12.7 Å². The Hall–Kier alpha value is -0.830. The molecule has 0 atom stereocenters. The molecule has 0 unspecified atom stereocenters. The zero-order valence-corrected chi connectivity index (χ0v) is 10.3. The summed E-state index contributed by atoms with van der Waals surface area (Å²) in [6.45, 7) is 7.28. The van der Waals surface area contributed by atoms with Gasteiger partial charge >= 0.3 is 0 Å². The van der Waals surface area contributed by atoms with Crippen molar-refractivity contribution in [2.45, 2.75) is 39.5 Å². The van der Waals surface area contributed by atoms with Crippen LogP contribution in [0.15, 0.2) is 6.33 Å². The minimum atomic E-state index is 0.336. The minimum absolute atomic E-state index is 0.336. The molecule has 0 aliphatic rings. The molecule has 15 heavy (non-hydrogen) atoms. The molecule has 84 valence electrons. The van der Waals surface area contributed by atoms with Crippen molar-refractivity contribution in [3.05, 3.63) is 17.0 Å². The predicted molar refractivity (Wildman–Crippen MR) is 64.5 cm³/mol. The number of halogens is 1. The van der Waals surface area contributed by atoms with E-state index in [4.69, 9.17) is 11.6 Å². The molecule has 0 saturated heterocycles. The summed E-state index contributed by atoms with van der Waals surface area (Å²) < 4.78 is 0. The number of nitrogens with one attached hydrogen (secondary N) is 1. The summed E-state index contributed by atoms with van der Waals surface area (Å²) in [5.74, 6) is 1.21. The molecule has 1 heterocycles. The second-order valence-corrected chi connectivity index (χ2v) is 4.22. The molecule has 0 radical (unpaired) electrons. The third-order valence-corrected chi connectivity index (χ3v) is 2.54. The summed E-state index contributed by atoms with van der Waals surface area (Å²) in [7, 11) is 0. The van der Waals surface area contributed by atoms with Gasteiger partial charge in [-0.1, -0.05) is 38.8 Å². The monoisotopic (exact) mass is 227 g/mol. The highest BCUT2D eigenvalue weighted by Gasteiger charge is 2.12. The van der Waals surface area contributed by atoms with Gasteiger partial charge in [0.15, 0.2) is 0 Å². The molecule has 0 amide bonds. The Kier molecular flexibility index (Phi) is 4.82. The second kappa shape index (κ2) is 5.91. The van der Waals surface area contributed by atoms with Crippen molar-refractivity contribution < 1.29 is 0 Å². The summed E-state index contributed by atoms with van der Waals surface area (Å²) in [5.41, 5.74) is 1.01. The molecule has 3 nitrogen and oxygen atoms in total. The van der Waals surface area contributed by atoms with Crippen LogP contribution in [0.4, 0.5) is 5.82 Å². The van der Waals surface area contributed by atoms with Gasteiger partial charge in [-0.3, -0.25) is 0 Å². The number of nitrogens with zero attached hydrogens (tertiary/aromatic N) is 2. The summed E-state index contributed by atoms with van der Waals surface area (Å²) in [5, 5.41) is 3.86. The standard InChI is InChI=1S/C11H18ClN3/c1-4-5-6-13-11-9(8(2)3)10(12)14-7-15-11/h7-8H,4-6H2,1-3H3,(H,13,14,15). The molecule has 0 aliphatic heterocycles. The van der Waals surface area contributed by atoms with Crippen molar-refractivity contribution >= 4 is 17.4 Å². The molecule has 1 aromatic heterocycles. The molecule has 0 spiro atoms. The summed E-state index contributed by atoms with van der Waals surface area (Å²) >= 11 is 6.05. The predicted octanol–water partition coefficient (Wildman–Crippen LogP) is 3.47. The Morgan fingerprint density at radius 1 is 1.40 bits per heavy atom. The van der Waals surface area contributed by atoms with E-state index in [9.17, 15) is 0 Å². The SMILES string of the molecule is CCCCNc1ncnc(Cl)c1C(C)C. The van der Waals surface area contributed by atoms with Crippen LogP contribution in [0.2, 0.25) is 5.15 Å². The number of aromatic nitrogens is 2. The highest BCUT2D eigenvalue weighted by molar-refractivity contribution is 6.30.